The minimum atomic E-state index is 0.0868. The van der Waals surface area contributed by atoms with Crippen molar-refractivity contribution in [3.63, 3.8) is 0 Å². The molecule has 1 heterocycles. The smallest absolute Gasteiger partial charge is 0.170 e. The van der Waals surface area contributed by atoms with E-state index in [-0.39, 0.29) is 5.78 Å². The maximum absolute atomic E-state index is 11.8. The Morgan fingerprint density at radius 1 is 1.53 bits per heavy atom. The number of ketones is 1. The maximum Gasteiger partial charge on any atom is 0.170 e. The average molecular weight is 202 g/mol. The van der Waals surface area contributed by atoms with Crippen LogP contribution in [0.2, 0.25) is 0 Å². The molecule has 0 N–H and O–H groups in total. The number of Topliss-reactive ketones (excluding diaryl/α,β-unsaturated/α-hetero) is 1. The van der Waals surface area contributed by atoms with Gasteiger partial charge in [-0.3, -0.25) is 4.79 Å². The first-order chi connectivity index (χ1) is 7.33. The van der Waals surface area contributed by atoms with E-state index in [0.717, 1.165) is 24.2 Å². The molecule has 2 heteroatoms. The fourth-order valence-electron chi connectivity index (χ4n) is 1.85. The molecule has 0 bridgehead atoms. The Morgan fingerprint density at radius 3 is 3.20 bits per heavy atom. The third-order valence-corrected chi connectivity index (χ3v) is 2.56. The second-order valence-corrected chi connectivity index (χ2v) is 3.66. The third kappa shape index (κ3) is 1.94. The van der Waals surface area contributed by atoms with Gasteiger partial charge in [0.2, 0.25) is 0 Å². The van der Waals surface area contributed by atoms with Gasteiger partial charge in [0.05, 0.1) is 12.2 Å². The normalized spacial score (nSPS) is 13.9. The number of carbonyl (C=O) groups is 1. The van der Waals surface area contributed by atoms with Crippen LogP contribution in [0.3, 0.4) is 0 Å². The Labute approximate surface area is 89.6 Å². The molecule has 1 aromatic rings. The van der Waals surface area contributed by atoms with E-state index in [2.05, 4.69) is 6.58 Å². The zero-order valence-corrected chi connectivity index (χ0v) is 8.66. The number of ether oxygens (including phenoxy) is 1. The van der Waals surface area contributed by atoms with Crippen LogP contribution in [-0.2, 0) is 6.42 Å². The summed E-state index contributed by atoms with van der Waals surface area (Å²) < 4.78 is 5.57. The quantitative estimate of drug-likeness (QED) is 0.556. The Morgan fingerprint density at radius 2 is 2.40 bits per heavy atom. The lowest BCUT2D eigenvalue weighted by Gasteiger charge is -2.19. The number of carbonyl (C=O) groups excluding carboxylic acids is 1. The number of rotatable bonds is 3. The van der Waals surface area contributed by atoms with Crippen molar-refractivity contribution in [2.24, 2.45) is 0 Å². The highest BCUT2D eigenvalue weighted by molar-refractivity contribution is 5.99. The van der Waals surface area contributed by atoms with Gasteiger partial charge in [-0.15, -0.1) is 6.58 Å². The van der Waals surface area contributed by atoms with E-state index in [9.17, 15) is 4.79 Å². The van der Waals surface area contributed by atoms with Gasteiger partial charge >= 0.3 is 0 Å². The zero-order chi connectivity index (χ0) is 10.7. The first kappa shape index (κ1) is 9.97. The van der Waals surface area contributed by atoms with Crippen LogP contribution >= 0.6 is 0 Å². The highest BCUT2D eigenvalue weighted by atomic mass is 16.5. The van der Waals surface area contributed by atoms with Crippen molar-refractivity contribution < 1.29 is 9.53 Å². The molecule has 0 atom stereocenters. The van der Waals surface area contributed by atoms with Crippen molar-refractivity contribution in [1.82, 2.24) is 0 Å². The van der Waals surface area contributed by atoms with Crippen LogP contribution in [0.5, 0.6) is 5.75 Å². The van der Waals surface area contributed by atoms with Crippen LogP contribution in [0, 0.1) is 0 Å². The van der Waals surface area contributed by atoms with Gasteiger partial charge in [-0.1, -0.05) is 18.2 Å². The lowest BCUT2D eigenvalue weighted by atomic mass is 9.99. The zero-order valence-electron chi connectivity index (χ0n) is 8.66. The number of hydrogen-bond acceptors (Lipinski definition) is 2. The summed E-state index contributed by atoms with van der Waals surface area (Å²) in [7, 11) is 0. The van der Waals surface area contributed by atoms with Gasteiger partial charge in [0.15, 0.2) is 5.78 Å². The highest BCUT2D eigenvalue weighted by Gasteiger charge is 2.17. The minimum absolute atomic E-state index is 0.0868. The number of benzene rings is 1. The van der Waals surface area contributed by atoms with Gasteiger partial charge < -0.3 is 4.74 Å². The first-order valence-electron chi connectivity index (χ1n) is 5.21. The summed E-state index contributed by atoms with van der Waals surface area (Å²) in [5.74, 6) is 0.874. The summed E-state index contributed by atoms with van der Waals surface area (Å²) in [6.45, 7) is 4.29. The molecular formula is C13H14O2. The van der Waals surface area contributed by atoms with Crippen LogP contribution in [-0.4, -0.2) is 12.4 Å². The van der Waals surface area contributed by atoms with E-state index >= 15 is 0 Å². The molecule has 2 nitrogen and oxygen atoms in total. The Kier molecular flexibility index (Phi) is 2.86. The van der Waals surface area contributed by atoms with Gasteiger partial charge in [-0.2, -0.15) is 0 Å². The molecule has 0 spiro atoms. The largest absolute Gasteiger partial charge is 0.493 e. The van der Waals surface area contributed by atoms with Crippen molar-refractivity contribution in [3.05, 3.63) is 42.0 Å². The van der Waals surface area contributed by atoms with Gasteiger partial charge in [0, 0.05) is 6.42 Å². The predicted molar refractivity (Wildman–Crippen MR) is 59.4 cm³/mol. The van der Waals surface area contributed by atoms with Crippen LogP contribution in [0.4, 0.5) is 0 Å². The molecule has 78 valence electrons. The lowest BCUT2D eigenvalue weighted by Crippen LogP contribution is -2.12. The van der Waals surface area contributed by atoms with Crippen molar-refractivity contribution in [2.45, 2.75) is 19.3 Å². The topological polar surface area (TPSA) is 26.3 Å². The number of allylic oxidation sites excluding steroid dienone is 1. The van der Waals surface area contributed by atoms with Crippen molar-refractivity contribution in [1.29, 1.82) is 0 Å². The number of fused-ring (bicyclic) bond motifs is 1. The maximum atomic E-state index is 11.8. The van der Waals surface area contributed by atoms with Crippen molar-refractivity contribution in [2.75, 3.05) is 6.61 Å². The van der Waals surface area contributed by atoms with E-state index in [4.69, 9.17) is 4.74 Å². The second kappa shape index (κ2) is 4.30. The predicted octanol–water partition coefficient (Wildman–Crippen LogP) is 2.77. The van der Waals surface area contributed by atoms with Crippen molar-refractivity contribution in [3.8, 4) is 5.75 Å². The molecule has 1 aliphatic heterocycles. The molecule has 0 aliphatic carbocycles. The van der Waals surface area contributed by atoms with Gasteiger partial charge in [0.1, 0.15) is 5.75 Å². The molecule has 2 rings (SSSR count). The van der Waals surface area contributed by atoms with Gasteiger partial charge in [0.25, 0.3) is 0 Å². The van der Waals surface area contributed by atoms with Crippen LogP contribution in [0.1, 0.15) is 28.8 Å². The van der Waals surface area contributed by atoms with E-state index in [1.165, 1.54) is 0 Å². The summed E-state index contributed by atoms with van der Waals surface area (Å²) in [6.07, 6.45) is 4.04. The standard InChI is InChI=1S/C13H14O2/c1-2-5-12(14)11-8-3-6-10-7-4-9-15-13(10)11/h2-3,6,8H,1,4-5,7,9H2. The summed E-state index contributed by atoms with van der Waals surface area (Å²) in [4.78, 5) is 11.8. The van der Waals surface area contributed by atoms with E-state index in [1.54, 1.807) is 6.08 Å². The highest BCUT2D eigenvalue weighted by Crippen LogP contribution is 2.29. The molecular weight excluding hydrogens is 188 g/mol. The van der Waals surface area contributed by atoms with Gasteiger partial charge in [-0.25, -0.2) is 0 Å². The van der Waals surface area contributed by atoms with Crippen LogP contribution < -0.4 is 4.74 Å². The average Bonchev–Trinajstić information content (AvgIpc) is 2.28. The number of hydrogen-bond donors (Lipinski definition) is 0. The summed E-state index contributed by atoms with van der Waals surface area (Å²) in [5.41, 5.74) is 1.85. The third-order valence-electron chi connectivity index (χ3n) is 2.56. The van der Waals surface area contributed by atoms with Crippen LogP contribution in [0.15, 0.2) is 30.9 Å². The first-order valence-corrected chi connectivity index (χ1v) is 5.21. The Balaban J connectivity index is 2.38. The Bertz CT molecular complexity index is 394. The molecule has 1 aliphatic rings. The molecule has 1 aromatic carbocycles. The molecule has 0 amide bonds. The van der Waals surface area contributed by atoms with Crippen molar-refractivity contribution >= 4 is 5.78 Å². The van der Waals surface area contributed by atoms with E-state index in [1.807, 2.05) is 18.2 Å². The van der Waals surface area contributed by atoms with Gasteiger partial charge in [-0.05, 0) is 24.5 Å². The summed E-state index contributed by atoms with van der Waals surface area (Å²) in [5, 5.41) is 0. The Hall–Kier alpha value is -1.57. The number of aryl methyl sites for hydroxylation is 1. The van der Waals surface area contributed by atoms with Crippen LogP contribution in [0.25, 0.3) is 0 Å². The molecule has 0 fully saturated rings. The molecule has 0 unspecified atom stereocenters. The minimum Gasteiger partial charge on any atom is -0.493 e. The summed E-state index contributed by atoms with van der Waals surface area (Å²) >= 11 is 0. The summed E-state index contributed by atoms with van der Waals surface area (Å²) in [6, 6.07) is 5.78. The van der Waals surface area contributed by atoms with E-state index in [0.29, 0.717) is 18.6 Å². The fourth-order valence-corrected chi connectivity index (χ4v) is 1.85. The lowest BCUT2D eigenvalue weighted by molar-refractivity contribution is 0.0991. The SMILES string of the molecule is C=CCC(=O)c1cccc2c1OCCC2. The molecule has 0 saturated heterocycles. The molecule has 0 radical (unpaired) electrons. The molecule has 15 heavy (non-hydrogen) atoms. The number of para-hydroxylation sites is 1. The second-order valence-electron chi connectivity index (χ2n) is 3.66. The monoisotopic (exact) mass is 202 g/mol. The molecule has 0 aromatic heterocycles. The van der Waals surface area contributed by atoms with E-state index < -0.39 is 0 Å². The fraction of sp³-hybridized carbons (Fsp3) is 0.308. The molecule has 0 saturated carbocycles.